The van der Waals surface area contributed by atoms with E-state index in [1.807, 2.05) is 6.20 Å². The molecule has 2 rings (SSSR count). The number of nitrogen functional groups attached to an aromatic ring is 1. The third kappa shape index (κ3) is 2.92. The standard InChI is InChI=1S/C11H19N3S/c1-2-9-4-3-5-14(7-9)8-10-6-13-11(12)15-10/h6,9H,2-5,7-8H2,1H3,(H2,12,13). The molecule has 1 fully saturated rings. The first-order valence-corrected chi connectivity index (χ1v) is 6.52. The molecule has 0 bridgehead atoms. The maximum absolute atomic E-state index is 5.63. The van der Waals surface area contributed by atoms with Crippen LogP contribution in [0.2, 0.25) is 0 Å². The molecule has 3 nitrogen and oxygen atoms in total. The van der Waals surface area contributed by atoms with Crippen molar-refractivity contribution in [2.24, 2.45) is 5.92 Å². The first kappa shape index (κ1) is 10.9. The lowest BCUT2D eigenvalue weighted by Gasteiger charge is -2.31. The SMILES string of the molecule is CCC1CCCN(Cc2cnc(N)s2)C1. The fourth-order valence-electron chi connectivity index (χ4n) is 2.24. The van der Waals surface area contributed by atoms with Crippen LogP contribution in [-0.4, -0.2) is 23.0 Å². The Hall–Kier alpha value is -0.610. The van der Waals surface area contributed by atoms with Crippen LogP contribution >= 0.6 is 11.3 Å². The zero-order chi connectivity index (χ0) is 10.7. The van der Waals surface area contributed by atoms with Crippen LogP contribution in [0.4, 0.5) is 5.13 Å². The average Bonchev–Trinajstić information content (AvgIpc) is 2.64. The molecule has 0 radical (unpaired) electrons. The van der Waals surface area contributed by atoms with Gasteiger partial charge in [0.2, 0.25) is 0 Å². The Morgan fingerprint density at radius 1 is 1.67 bits per heavy atom. The van der Waals surface area contributed by atoms with Crippen molar-refractivity contribution in [3.8, 4) is 0 Å². The van der Waals surface area contributed by atoms with Crippen LogP contribution in [0.5, 0.6) is 0 Å². The fraction of sp³-hybridized carbons (Fsp3) is 0.727. The third-order valence-corrected chi connectivity index (χ3v) is 3.94. The summed E-state index contributed by atoms with van der Waals surface area (Å²) in [5.74, 6) is 0.893. The van der Waals surface area contributed by atoms with Crippen LogP contribution in [-0.2, 0) is 6.54 Å². The van der Waals surface area contributed by atoms with Gasteiger partial charge in [-0.15, -0.1) is 11.3 Å². The van der Waals surface area contributed by atoms with E-state index in [9.17, 15) is 0 Å². The minimum Gasteiger partial charge on any atom is -0.375 e. The highest BCUT2D eigenvalue weighted by atomic mass is 32.1. The van der Waals surface area contributed by atoms with Crippen molar-refractivity contribution >= 4 is 16.5 Å². The molecule has 1 aromatic heterocycles. The van der Waals surface area contributed by atoms with Crippen molar-refractivity contribution in [1.82, 2.24) is 9.88 Å². The summed E-state index contributed by atoms with van der Waals surface area (Å²) in [4.78, 5) is 7.92. The van der Waals surface area contributed by atoms with Gasteiger partial charge >= 0.3 is 0 Å². The second-order valence-corrected chi connectivity index (χ2v) is 5.46. The lowest BCUT2D eigenvalue weighted by atomic mass is 9.96. The summed E-state index contributed by atoms with van der Waals surface area (Å²) in [6, 6.07) is 0. The summed E-state index contributed by atoms with van der Waals surface area (Å²) >= 11 is 1.62. The van der Waals surface area contributed by atoms with Crippen molar-refractivity contribution in [1.29, 1.82) is 0 Å². The van der Waals surface area contributed by atoms with E-state index in [1.165, 1.54) is 37.2 Å². The highest BCUT2D eigenvalue weighted by molar-refractivity contribution is 7.15. The second kappa shape index (κ2) is 4.94. The Morgan fingerprint density at radius 3 is 3.20 bits per heavy atom. The summed E-state index contributed by atoms with van der Waals surface area (Å²) < 4.78 is 0. The Morgan fingerprint density at radius 2 is 2.53 bits per heavy atom. The maximum atomic E-state index is 5.63. The molecule has 1 aromatic rings. The largest absolute Gasteiger partial charge is 0.375 e. The zero-order valence-electron chi connectivity index (χ0n) is 9.28. The number of rotatable bonds is 3. The molecule has 1 atom stereocenters. The zero-order valence-corrected chi connectivity index (χ0v) is 10.1. The molecule has 0 aliphatic carbocycles. The molecule has 84 valence electrons. The second-order valence-electron chi connectivity index (χ2n) is 4.32. The normalized spacial score (nSPS) is 23.1. The molecular formula is C11H19N3S. The van der Waals surface area contributed by atoms with Crippen LogP contribution in [0, 0.1) is 5.92 Å². The summed E-state index contributed by atoms with van der Waals surface area (Å²) in [5, 5.41) is 0.689. The molecule has 0 aromatic carbocycles. The Labute approximate surface area is 95.3 Å². The molecule has 2 heterocycles. The predicted octanol–water partition coefficient (Wildman–Crippen LogP) is 2.35. The average molecular weight is 225 g/mol. The molecule has 4 heteroatoms. The lowest BCUT2D eigenvalue weighted by molar-refractivity contribution is 0.166. The van der Waals surface area contributed by atoms with Crippen molar-refractivity contribution in [2.75, 3.05) is 18.8 Å². The van der Waals surface area contributed by atoms with Crippen molar-refractivity contribution in [2.45, 2.75) is 32.7 Å². The molecule has 0 spiro atoms. The monoisotopic (exact) mass is 225 g/mol. The van der Waals surface area contributed by atoms with Gasteiger partial charge in [0, 0.05) is 24.2 Å². The number of nitrogens with zero attached hydrogens (tertiary/aromatic N) is 2. The van der Waals surface area contributed by atoms with E-state index >= 15 is 0 Å². The van der Waals surface area contributed by atoms with E-state index in [0.29, 0.717) is 5.13 Å². The van der Waals surface area contributed by atoms with Crippen LogP contribution in [0.3, 0.4) is 0 Å². The summed E-state index contributed by atoms with van der Waals surface area (Å²) in [6.07, 6.45) is 5.96. The van der Waals surface area contributed by atoms with Gasteiger partial charge in [-0.25, -0.2) is 4.98 Å². The molecule has 1 unspecified atom stereocenters. The number of anilines is 1. The van der Waals surface area contributed by atoms with E-state index in [2.05, 4.69) is 16.8 Å². The highest BCUT2D eigenvalue weighted by Gasteiger charge is 2.18. The minimum atomic E-state index is 0.689. The number of piperidine rings is 1. The van der Waals surface area contributed by atoms with Crippen molar-refractivity contribution in [3.05, 3.63) is 11.1 Å². The van der Waals surface area contributed by atoms with E-state index < -0.39 is 0 Å². The molecule has 2 N–H and O–H groups in total. The van der Waals surface area contributed by atoms with Gasteiger partial charge in [-0.05, 0) is 25.3 Å². The fourth-order valence-corrected chi connectivity index (χ4v) is 2.97. The summed E-state index contributed by atoms with van der Waals surface area (Å²) in [6.45, 7) is 5.80. The first-order chi connectivity index (χ1) is 7.28. The predicted molar refractivity (Wildman–Crippen MR) is 64.8 cm³/mol. The van der Waals surface area contributed by atoms with Gasteiger partial charge in [0.15, 0.2) is 5.13 Å². The van der Waals surface area contributed by atoms with Gasteiger partial charge in [0.25, 0.3) is 0 Å². The smallest absolute Gasteiger partial charge is 0.180 e. The van der Waals surface area contributed by atoms with Crippen molar-refractivity contribution in [3.63, 3.8) is 0 Å². The van der Waals surface area contributed by atoms with Crippen LogP contribution in [0.15, 0.2) is 6.20 Å². The van der Waals surface area contributed by atoms with Gasteiger partial charge in [-0.1, -0.05) is 13.3 Å². The number of aromatic nitrogens is 1. The quantitative estimate of drug-likeness (QED) is 0.858. The molecule has 1 aliphatic heterocycles. The van der Waals surface area contributed by atoms with Crippen LogP contribution in [0.25, 0.3) is 0 Å². The molecule has 1 saturated heterocycles. The van der Waals surface area contributed by atoms with E-state index in [4.69, 9.17) is 5.73 Å². The molecular weight excluding hydrogens is 206 g/mol. The van der Waals surface area contributed by atoms with Crippen molar-refractivity contribution < 1.29 is 0 Å². The topological polar surface area (TPSA) is 42.2 Å². The number of hydrogen-bond acceptors (Lipinski definition) is 4. The molecule has 0 amide bonds. The summed E-state index contributed by atoms with van der Waals surface area (Å²) in [5.41, 5.74) is 5.63. The maximum Gasteiger partial charge on any atom is 0.180 e. The number of likely N-dealkylation sites (tertiary alicyclic amines) is 1. The summed E-state index contributed by atoms with van der Waals surface area (Å²) in [7, 11) is 0. The number of nitrogens with two attached hydrogens (primary N) is 1. The molecule has 0 saturated carbocycles. The van der Waals surface area contributed by atoms with Gasteiger partial charge < -0.3 is 5.73 Å². The van der Waals surface area contributed by atoms with E-state index in [-0.39, 0.29) is 0 Å². The molecule has 15 heavy (non-hydrogen) atoms. The van der Waals surface area contributed by atoms with E-state index in [1.54, 1.807) is 11.3 Å². The van der Waals surface area contributed by atoms with Gasteiger partial charge in [-0.3, -0.25) is 4.90 Å². The van der Waals surface area contributed by atoms with Crippen LogP contribution in [0.1, 0.15) is 31.1 Å². The number of hydrogen-bond donors (Lipinski definition) is 1. The first-order valence-electron chi connectivity index (χ1n) is 5.70. The van der Waals surface area contributed by atoms with Crippen LogP contribution < -0.4 is 5.73 Å². The van der Waals surface area contributed by atoms with E-state index in [0.717, 1.165) is 12.5 Å². The number of thiazole rings is 1. The Kier molecular flexibility index (Phi) is 3.59. The minimum absolute atomic E-state index is 0.689. The van der Waals surface area contributed by atoms with Gasteiger partial charge in [-0.2, -0.15) is 0 Å². The third-order valence-electron chi connectivity index (χ3n) is 3.13. The van der Waals surface area contributed by atoms with Gasteiger partial charge in [0.05, 0.1) is 0 Å². The Bertz CT molecular complexity index is 311. The highest BCUT2D eigenvalue weighted by Crippen LogP contribution is 2.23. The van der Waals surface area contributed by atoms with Gasteiger partial charge in [0.1, 0.15) is 0 Å². The Balaban J connectivity index is 1.88. The lowest BCUT2D eigenvalue weighted by Crippen LogP contribution is -2.34. The molecule has 1 aliphatic rings.